The molecule has 0 aliphatic carbocycles. The molecule has 2 aromatic rings. The van der Waals surface area contributed by atoms with Crippen molar-refractivity contribution in [2.45, 2.75) is 6.92 Å². The first-order valence-corrected chi connectivity index (χ1v) is 6.19. The minimum atomic E-state index is 0.0852. The van der Waals surface area contributed by atoms with Crippen LogP contribution < -0.4 is 4.74 Å². The smallest absolute Gasteiger partial charge is 0.204 e. The number of aryl methyl sites for hydroxylation is 1. The number of carbonyl (C=O) groups is 1. The van der Waals surface area contributed by atoms with Gasteiger partial charge in [0.1, 0.15) is 5.75 Å². The predicted molar refractivity (Wildman–Crippen MR) is 63.4 cm³/mol. The molecule has 4 heteroatoms. The van der Waals surface area contributed by atoms with Crippen LogP contribution in [0.5, 0.6) is 5.75 Å². The van der Waals surface area contributed by atoms with Gasteiger partial charge in [0.15, 0.2) is 0 Å². The third-order valence-electron chi connectivity index (χ3n) is 2.14. The SMILES string of the molecule is COc1csc(C(=O)c2ccsc2C)c1. The summed E-state index contributed by atoms with van der Waals surface area (Å²) in [5, 5.41) is 3.78. The lowest BCUT2D eigenvalue weighted by molar-refractivity contribution is 0.104. The highest BCUT2D eigenvalue weighted by atomic mass is 32.1. The van der Waals surface area contributed by atoms with Gasteiger partial charge in [-0.15, -0.1) is 22.7 Å². The van der Waals surface area contributed by atoms with Crippen LogP contribution in [0.15, 0.2) is 22.9 Å². The topological polar surface area (TPSA) is 26.3 Å². The zero-order valence-electron chi connectivity index (χ0n) is 8.44. The number of hydrogen-bond acceptors (Lipinski definition) is 4. The molecule has 0 saturated carbocycles. The molecular formula is C11H10O2S2. The lowest BCUT2D eigenvalue weighted by Crippen LogP contribution is -1.97. The number of ether oxygens (including phenoxy) is 1. The lowest BCUT2D eigenvalue weighted by Gasteiger charge is -1.95. The second-order valence-corrected chi connectivity index (χ2v) is 5.10. The van der Waals surface area contributed by atoms with Crippen LogP contribution in [0.1, 0.15) is 20.1 Å². The maximum atomic E-state index is 12.0. The van der Waals surface area contributed by atoms with Gasteiger partial charge in [-0.25, -0.2) is 0 Å². The van der Waals surface area contributed by atoms with Crippen LogP contribution in [0.2, 0.25) is 0 Å². The van der Waals surface area contributed by atoms with Gasteiger partial charge >= 0.3 is 0 Å². The van der Waals surface area contributed by atoms with Crippen molar-refractivity contribution in [3.63, 3.8) is 0 Å². The fraction of sp³-hybridized carbons (Fsp3) is 0.182. The molecule has 15 heavy (non-hydrogen) atoms. The third kappa shape index (κ3) is 1.96. The molecule has 0 aliphatic heterocycles. The Bertz CT molecular complexity index is 482. The Kier molecular flexibility index (Phi) is 2.88. The maximum Gasteiger partial charge on any atom is 0.204 e. The highest BCUT2D eigenvalue weighted by molar-refractivity contribution is 7.13. The molecule has 0 saturated heterocycles. The van der Waals surface area contributed by atoms with Crippen molar-refractivity contribution in [1.82, 2.24) is 0 Å². The summed E-state index contributed by atoms with van der Waals surface area (Å²) >= 11 is 3.01. The first-order chi connectivity index (χ1) is 7.22. The van der Waals surface area contributed by atoms with E-state index in [4.69, 9.17) is 4.74 Å². The van der Waals surface area contributed by atoms with Crippen molar-refractivity contribution >= 4 is 28.5 Å². The maximum absolute atomic E-state index is 12.0. The first-order valence-electron chi connectivity index (χ1n) is 4.43. The minimum absolute atomic E-state index is 0.0852. The van der Waals surface area contributed by atoms with Gasteiger partial charge in [-0.1, -0.05) is 0 Å². The minimum Gasteiger partial charge on any atom is -0.496 e. The Labute approximate surface area is 96.1 Å². The summed E-state index contributed by atoms with van der Waals surface area (Å²) in [5.74, 6) is 0.832. The Hall–Kier alpha value is -1.13. The Morgan fingerprint density at radius 3 is 2.73 bits per heavy atom. The molecule has 0 bridgehead atoms. The van der Waals surface area contributed by atoms with E-state index >= 15 is 0 Å². The van der Waals surface area contributed by atoms with Crippen LogP contribution in [0.4, 0.5) is 0 Å². The molecule has 0 radical (unpaired) electrons. The Morgan fingerprint density at radius 1 is 1.40 bits per heavy atom. The quantitative estimate of drug-likeness (QED) is 0.766. The van der Waals surface area contributed by atoms with E-state index in [1.807, 2.05) is 23.8 Å². The van der Waals surface area contributed by atoms with E-state index in [-0.39, 0.29) is 5.78 Å². The number of thiophene rings is 2. The van der Waals surface area contributed by atoms with Crippen LogP contribution in [0, 0.1) is 6.92 Å². The molecule has 0 atom stereocenters. The highest BCUT2D eigenvalue weighted by Gasteiger charge is 2.14. The largest absolute Gasteiger partial charge is 0.496 e. The molecule has 78 valence electrons. The Balaban J connectivity index is 2.32. The standard InChI is InChI=1S/C11H10O2S2/c1-7-9(3-4-14-7)11(12)10-5-8(13-2)6-15-10/h3-6H,1-2H3. The number of hydrogen-bond donors (Lipinski definition) is 0. The van der Waals surface area contributed by atoms with Crippen molar-refractivity contribution in [3.8, 4) is 5.75 Å². The monoisotopic (exact) mass is 238 g/mol. The van der Waals surface area contributed by atoms with Crippen LogP contribution >= 0.6 is 22.7 Å². The molecule has 2 heterocycles. The third-order valence-corrected chi connectivity index (χ3v) is 3.89. The van der Waals surface area contributed by atoms with Crippen molar-refractivity contribution in [2.24, 2.45) is 0 Å². The van der Waals surface area contributed by atoms with Crippen LogP contribution in [-0.4, -0.2) is 12.9 Å². The van der Waals surface area contributed by atoms with Gasteiger partial charge in [0.25, 0.3) is 0 Å². The van der Waals surface area contributed by atoms with Gasteiger partial charge in [0.2, 0.25) is 5.78 Å². The summed E-state index contributed by atoms with van der Waals surface area (Å²) in [6, 6.07) is 3.65. The van der Waals surface area contributed by atoms with Crippen LogP contribution in [0.3, 0.4) is 0 Å². The van der Waals surface area contributed by atoms with Crippen LogP contribution in [0.25, 0.3) is 0 Å². The fourth-order valence-electron chi connectivity index (χ4n) is 1.30. The zero-order chi connectivity index (χ0) is 10.8. The van der Waals surface area contributed by atoms with Gasteiger partial charge in [0, 0.05) is 21.9 Å². The van der Waals surface area contributed by atoms with E-state index in [1.165, 1.54) is 11.3 Å². The van der Waals surface area contributed by atoms with Gasteiger partial charge in [0.05, 0.1) is 12.0 Å². The van der Waals surface area contributed by atoms with Crippen molar-refractivity contribution in [2.75, 3.05) is 7.11 Å². The Morgan fingerprint density at radius 2 is 2.20 bits per heavy atom. The fourth-order valence-corrected chi connectivity index (χ4v) is 2.80. The summed E-state index contributed by atoms with van der Waals surface area (Å²) in [6.07, 6.45) is 0. The van der Waals surface area contributed by atoms with E-state index in [2.05, 4.69) is 0 Å². The van der Waals surface area contributed by atoms with Crippen molar-refractivity contribution < 1.29 is 9.53 Å². The van der Waals surface area contributed by atoms with E-state index < -0.39 is 0 Å². The van der Waals surface area contributed by atoms with Gasteiger partial charge in [-0.3, -0.25) is 4.79 Å². The summed E-state index contributed by atoms with van der Waals surface area (Å²) in [5.41, 5.74) is 0.796. The summed E-state index contributed by atoms with van der Waals surface area (Å²) in [6.45, 7) is 1.96. The lowest BCUT2D eigenvalue weighted by atomic mass is 10.1. The molecule has 0 aliphatic rings. The van der Waals surface area contributed by atoms with E-state index in [1.54, 1.807) is 24.5 Å². The molecule has 0 N–H and O–H groups in total. The first kappa shape index (κ1) is 10.4. The predicted octanol–water partition coefficient (Wildman–Crippen LogP) is 3.36. The number of rotatable bonds is 3. The molecule has 0 spiro atoms. The zero-order valence-corrected chi connectivity index (χ0v) is 10.1. The molecule has 2 rings (SSSR count). The average Bonchev–Trinajstić information content (AvgIpc) is 2.84. The van der Waals surface area contributed by atoms with Gasteiger partial charge < -0.3 is 4.74 Å². The summed E-state index contributed by atoms with van der Waals surface area (Å²) in [7, 11) is 1.60. The van der Waals surface area contributed by atoms with Crippen molar-refractivity contribution in [3.05, 3.63) is 38.2 Å². The van der Waals surface area contributed by atoms with Crippen molar-refractivity contribution in [1.29, 1.82) is 0 Å². The van der Waals surface area contributed by atoms with Gasteiger partial charge in [-0.2, -0.15) is 0 Å². The average molecular weight is 238 g/mol. The molecule has 0 amide bonds. The molecule has 0 fully saturated rings. The highest BCUT2D eigenvalue weighted by Crippen LogP contribution is 2.26. The van der Waals surface area contributed by atoms with Gasteiger partial charge in [-0.05, 0) is 18.4 Å². The summed E-state index contributed by atoms with van der Waals surface area (Å²) < 4.78 is 5.05. The molecular weight excluding hydrogens is 228 g/mol. The second kappa shape index (κ2) is 4.16. The van der Waals surface area contributed by atoms with E-state index in [0.717, 1.165) is 21.1 Å². The molecule has 0 aromatic carbocycles. The number of methoxy groups -OCH3 is 1. The van der Waals surface area contributed by atoms with E-state index in [9.17, 15) is 4.79 Å². The number of carbonyl (C=O) groups excluding carboxylic acids is 1. The molecule has 0 unspecified atom stereocenters. The second-order valence-electron chi connectivity index (χ2n) is 3.07. The van der Waals surface area contributed by atoms with E-state index in [0.29, 0.717) is 0 Å². The van der Waals surface area contributed by atoms with Crippen LogP contribution in [-0.2, 0) is 0 Å². The normalized spacial score (nSPS) is 10.3. The summed E-state index contributed by atoms with van der Waals surface area (Å²) in [4.78, 5) is 13.8. The molecule has 2 aromatic heterocycles. The number of ketones is 1. The molecule has 2 nitrogen and oxygen atoms in total.